The first kappa shape index (κ1) is 15.5. The molecule has 0 amide bonds. The average molecular weight is 274 g/mol. The predicted molar refractivity (Wildman–Crippen MR) is 86.8 cm³/mol. The summed E-state index contributed by atoms with van der Waals surface area (Å²) in [4.78, 5) is 2.60. The standard InChI is InChI=1S/C18H30N2/c1-4-18(3)9-11-20(12-10-18)14-16-5-7-17(8-6-16)15(2)13-19/h5-8,15H,4,9-14,19H2,1-3H3. The summed E-state index contributed by atoms with van der Waals surface area (Å²) in [5.41, 5.74) is 9.09. The minimum atomic E-state index is 0.462. The Morgan fingerprint density at radius 2 is 1.80 bits per heavy atom. The summed E-state index contributed by atoms with van der Waals surface area (Å²) in [6.07, 6.45) is 3.99. The number of rotatable bonds is 5. The second-order valence-electron chi connectivity index (χ2n) is 6.82. The van der Waals surface area contributed by atoms with Crippen LogP contribution in [0.25, 0.3) is 0 Å². The van der Waals surface area contributed by atoms with Crippen LogP contribution in [-0.4, -0.2) is 24.5 Å². The number of hydrogen-bond acceptors (Lipinski definition) is 2. The summed E-state index contributed by atoms with van der Waals surface area (Å²) in [5.74, 6) is 0.462. The third kappa shape index (κ3) is 3.83. The van der Waals surface area contributed by atoms with E-state index in [1.807, 2.05) is 0 Å². The fourth-order valence-electron chi connectivity index (χ4n) is 2.95. The van der Waals surface area contributed by atoms with Gasteiger partial charge in [0.05, 0.1) is 0 Å². The van der Waals surface area contributed by atoms with E-state index in [9.17, 15) is 0 Å². The molecule has 1 heterocycles. The molecule has 0 saturated carbocycles. The monoisotopic (exact) mass is 274 g/mol. The molecule has 0 aromatic heterocycles. The van der Waals surface area contributed by atoms with E-state index in [0.717, 1.165) is 13.1 Å². The Labute approximate surface area is 124 Å². The summed E-state index contributed by atoms with van der Waals surface area (Å²) in [5, 5.41) is 0. The molecule has 1 atom stereocenters. The highest BCUT2D eigenvalue weighted by molar-refractivity contribution is 5.25. The molecule has 1 aliphatic heterocycles. The second-order valence-corrected chi connectivity index (χ2v) is 6.82. The predicted octanol–water partition coefficient (Wildman–Crippen LogP) is 3.76. The van der Waals surface area contributed by atoms with Crippen LogP contribution in [0.1, 0.15) is 57.1 Å². The fourth-order valence-corrected chi connectivity index (χ4v) is 2.95. The number of benzene rings is 1. The smallest absolute Gasteiger partial charge is 0.0233 e. The van der Waals surface area contributed by atoms with Crippen molar-refractivity contribution in [1.82, 2.24) is 4.90 Å². The Bertz CT molecular complexity index is 402. The van der Waals surface area contributed by atoms with Crippen LogP contribution in [0.5, 0.6) is 0 Å². The van der Waals surface area contributed by atoms with E-state index in [1.54, 1.807) is 0 Å². The van der Waals surface area contributed by atoms with Crippen molar-refractivity contribution in [3.05, 3.63) is 35.4 Å². The maximum atomic E-state index is 5.72. The molecule has 0 spiro atoms. The maximum absolute atomic E-state index is 5.72. The van der Waals surface area contributed by atoms with Crippen LogP contribution in [-0.2, 0) is 6.54 Å². The van der Waals surface area contributed by atoms with Gasteiger partial charge in [0.2, 0.25) is 0 Å². The third-order valence-electron chi connectivity index (χ3n) is 5.23. The third-order valence-corrected chi connectivity index (χ3v) is 5.23. The van der Waals surface area contributed by atoms with Gasteiger partial charge < -0.3 is 5.73 Å². The van der Waals surface area contributed by atoms with Crippen LogP contribution in [0.15, 0.2) is 24.3 Å². The summed E-state index contributed by atoms with van der Waals surface area (Å²) in [7, 11) is 0. The largest absolute Gasteiger partial charge is 0.330 e. The number of hydrogen-bond donors (Lipinski definition) is 1. The van der Waals surface area contributed by atoms with Crippen molar-refractivity contribution in [2.75, 3.05) is 19.6 Å². The van der Waals surface area contributed by atoms with E-state index in [-0.39, 0.29) is 0 Å². The molecular formula is C18H30N2. The summed E-state index contributed by atoms with van der Waals surface area (Å²) in [6, 6.07) is 9.03. The van der Waals surface area contributed by atoms with E-state index in [4.69, 9.17) is 5.73 Å². The minimum Gasteiger partial charge on any atom is -0.330 e. The van der Waals surface area contributed by atoms with Gasteiger partial charge in [-0.05, 0) is 54.9 Å². The van der Waals surface area contributed by atoms with Crippen molar-refractivity contribution in [3.63, 3.8) is 0 Å². The van der Waals surface area contributed by atoms with E-state index in [1.165, 1.54) is 43.5 Å². The SMILES string of the molecule is CCC1(C)CCN(Cc2ccc(C(C)CN)cc2)CC1. The molecule has 0 aliphatic carbocycles. The van der Waals surface area contributed by atoms with Gasteiger partial charge in [0.25, 0.3) is 0 Å². The molecular weight excluding hydrogens is 244 g/mol. The Hall–Kier alpha value is -0.860. The zero-order chi connectivity index (χ0) is 14.6. The van der Waals surface area contributed by atoms with Crippen LogP contribution in [0.2, 0.25) is 0 Å². The normalized spacial score (nSPS) is 20.8. The molecule has 20 heavy (non-hydrogen) atoms. The first-order valence-corrected chi connectivity index (χ1v) is 8.07. The zero-order valence-corrected chi connectivity index (χ0v) is 13.4. The molecule has 0 radical (unpaired) electrons. The average Bonchev–Trinajstić information content (AvgIpc) is 2.50. The number of nitrogens with zero attached hydrogens (tertiary/aromatic N) is 1. The quantitative estimate of drug-likeness (QED) is 0.886. The molecule has 2 rings (SSSR count). The van der Waals surface area contributed by atoms with E-state index >= 15 is 0 Å². The van der Waals surface area contributed by atoms with Gasteiger partial charge in [0.15, 0.2) is 0 Å². The van der Waals surface area contributed by atoms with Crippen LogP contribution in [0.3, 0.4) is 0 Å². The molecule has 112 valence electrons. The molecule has 1 aliphatic rings. The van der Waals surface area contributed by atoms with Gasteiger partial charge in [-0.25, -0.2) is 0 Å². The van der Waals surface area contributed by atoms with Crippen LogP contribution < -0.4 is 5.73 Å². The number of piperidine rings is 1. The van der Waals surface area contributed by atoms with Gasteiger partial charge >= 0.3 is 0 Å². The molecule has 2 heteroatoms. The molecule has 0 bridgehead atoms. The molecule has 1 fully saturated rings. The summed E-state index contributed by atoms with van der Waals surface area (Å²) in [6.45, 7) is 11.3. The molecule has 2 N–H and O–H groups in total. The first-order valence-electron chi connectivity index (χ1n) is 8.07. The fraction of sp³-hybridized carbons (Fsp3) is 0.667. The summed E-state index contributed by atoms with van der Waals surface area (Å²) < 4.78 is 0. The van der Waals surface area contributed by atoms with Gasteiger partial charge in [0, 0.05) is 6.54 Å². The number of nitrogens with two attached hydrogens (primary N) is 1. The van der Waals surface area contributed by atoms with E-state index in [2.05, 4.69) is 49.9 Å². The molecule has 2 nitrogen and oxygen atoms in total. The van der Waals surface area contributed by atoms with Crippen LogP contribution in [0, 0.1) is 5.41 Å². The van der Waals surface area contributed by atoms with Crippen LogP contribution in [0.4, 0.5) is 0 Å². The van der Waals surface area contributed by atoms with Crippen molar-refractivity contribution < 1.29 is 0 Å². The lowest BCUT2D eigenvalue weighted by molar-refractivity contribution is 0.109. The van der Waals surface area contributed by atoms with Gasteiger partial charge in [-0.3, -0.25) is 4.90 Å². The molecule has 1 aromatic rings. The Morgan fingerprint density at radius 3 is 2.30 bits per heavy atom. The Balaban J connectivity index is 1.88. The number of likely N-dealkylation sites (tertiary alicyclic amines) is 1. The Kier molecular flexibility index (Phi) is 5.22. The molecule has 1 saturated heterocycles. The van der Waals surface area contributed by atoms with E-state index < -0.39 is 0 Å². The van der Waals surface area contributed by atoms with Crippen molar-refractivity contribution >= 4 is 0 Å². The zero-order valence-electron chi connectivity index (χ0n) is 13.4. The summed E-state index contributed by atoms with van der Waals surface area (Å²) >= 11 is 0. The minimum absolute atomic E-state index is 0.462. The second kappa shape index (κ2) is 6.73. The van der Waals surface area contributed by atoms with Gasteiger partial charge in [-0.1, -0.05) is 51.5 Å². The molecule has 1 aromatic carbocycles. The van der Waals surface area contributed by atoms with Gasteiger partial charge in [-0.2, -0.15) is 0 Å². The highest BCUT2D eigenvalue weighted by Crippen LogP contribution is 2.34. The van der Waals surface area contributed by atoms with Crippen molar-refractivity contribution in [2.45, 2.75) is 52.5 Å². The topological polar surface area (TPSA) is 29.3 Å². The van der Waals surface area contributed by atoms with Gasteiger partial charge in [-0.15, -0.1) is 0 Å². The lowest BCUT2D eigenvalue weighted by atomic mass is 9.78. The molecule has 1 unspecified atom stereocenters. The highest BCUT2D eigenvalue weighted by atomic mass is 15.1. The lowest BCUT2D eigenvalue weighted by Gasteiger charge is -2.39. The maximum Gasteiger partial charge on any atom is 0.0233 e. The van der Waals surface area contributed by atoms with Crippen molar-refractivity contribution in [3.8, 4) is 0 Å². The lowest BCUT2D eigenvalue weighted by Crippen LogP contribution is -2.37. The highest BCUT2D eigenvalue weighted by Gasteiger charge is 2.27. The van der Waals surface area contributed by atoms with Crippen LogP contribution >= 0.6 is 0 Å². The first-order chi connectivity index (χ1) is 9.56. The van der Waals surface area contributed by atoms with E-state index in [0.29, 0.717) is 11.3 Å². The van der Waals surface area contributed by atoms with Gasteiger partial charge in [0.1, 0.15) is 0 Å². The van der Waals surface area contributed by atoms with Crippen molar-refractivity contribution in [2.24, 2.45) is 11.1 Å². The Morgan fingerprint density at radius 1 is 1.20 bits per heavy atom. The van der Waals surface area contributed by atoms with Crippen molar-refractivity contribution in [1.29, 1.82) is 0 Å².